The SMILES string of the molecule is COC(=O)C1=C(C)NC(C)=C(C(C)=O)C1c1ccccc1F. The number of hydrogen-bond donors (Lipinski definition) is 1. The first kappa shape index (κ1) is 15.9. The molecule has 1 atom stereocenters. The van der Waals surface area contributed by atoms with Crippen molar-refractivity contribution in [2.24, 2.45) is 0 Å². The van der Waals surface area contributed by atoms with E-state index in [9.17, 15) is 14.0 Å². The predicted molar refractivity (Wildman–Crippen MR) is 80.4 cm³/mol. The molecule has 1 aliphatic heterocycles. The fourth-order valence-electron chi connectivity index (χ4n) is 2.86. The number of nitrogens with one attached hydrogen (secondary N) is 1. The Hall–Kier alpha value is -2.43. The zero-order valence-electron chi connectivity index (χ0n) is 13.0. The van der Waals surface area contributed by atoms with Gasteiger partial charge >= 0.3 is 5.97 Å². The van der Waals surface area contributed by atoms with Crippen molar-refractivity contribution in [3.63, 3.8) is 0 Å². The van der Waals surface area contributed by atoms with Crippen LogP contribution >= 0.6 is 0 Å². The summed E-state index contributed by atoms with van der Waals surface area (Å²) in [7, 11) is 1.26. The van der Waals surface area contributed by atoms with Crippen LogP contribution in [-0.4, -0.2) is 18.9 Å². The molecule has 0 amide bonds. The lowest BCUT2D eigenvalue weighted by Crippen LogP contribution is -2.31. The van der Waals surface area contributed by atoms with Crippen LogP contribution in [0, 0.1) is 5.82 Å². The second-order valence-corrected chi connectivity index (χ2v) is 5.20. The summed E-state index contributed by atoms with van der Waals surface area (Å²) in [5, 5.41) is 3.01. The molecule has 1 unspecified atom stereocenters. The van der Waals surface area contributed by atoms with E-state index in [-0.39, 0.29) is 16.9 Å². The van der Waals surface area contributed by atoms with E-state index in [0.29, 0.717) is 17.0 Å². The molecule has 4 nitrogen and oxygen atoms in total. The highest BCUT2D eigenvalue weighted by Gasteiger charge is 2.36. The van der Waals surface area contributed by atoms with E-state index in [1.54, 1.807) is 32.0 Å². The number of rotatable bonds is 3. The van der Waals surface area contributed by atoms with Gasteiger partial charge in [-0.15, -0.1) is 0 Å². The molecule has 1 aliphatic rings. The third-order valence-corrected chi connectivity index (χ3v) is 3.76. The van der Waals surface area contributed by atoms with Crippen molar-refractivity contribution in [3.8, 4) is 0 Å². The van der Waals surface area contributed by atoms with Crippen LogP contribution in [0.15, 0.2) is 46.8 Å². The number of Topliss-reactive ketones (excluding diaryl/α,β-unsaturated/α-hetero) is 1. The number of benzene rings is 1. The van der Waals surface area contributed by atoms with Crippen molar-refractivity contribution in [1.82, 2.24) is 5.32 Å². The summed E-state index contributed by atoms with van der Waals surface area (Å²) in [5.74, 6) is -2.03. The highest BCUT2D eigenvalue weighted by molar-refractivity contribution is 6.02. The number of ketones is 1. The molecule has 116 valence electrons. The molecular formula is C17H18FNO3. The van der Waals surface area contributed by atoms with Gasteiger partial charge < -0.3 is 10.1 Å². The number of carbonyl (C=O) groups is 2. The number of dihydropyridines is 1. The van der Waals surface area contributed by atoms with E-state index in [4.69, 9.17) is 4.74 Å². The van der Waals surface area contributed by atoms with Crippen LogP contribution < -0.4 is 5.32 Å². The average molecular weight is 303 g/mol. The Kier molecular flexibility index (Phi) is 4.45. The normalized spacial score (nSPS) is 18.1. The summed E-state index contributed by atoms with van der Waals surface area (Å²) in [4.78, 5) is 24.2. The van der Waals surface area contributed by atoms with Gasteiger partial charge in [-0.2, -0.15) is 0 Å². The largest absolute Gasteiger partial charge is 0.466 e. The Morgan fingerprint density at radius 3 is 2.27 bits per heavy atom. The third kappa shape index (κ3) is 2.66. The summed E-state index contributed by atoms with van der Waals surface area (Å²) in [6, 6.07) is 6.14. The quantitative estimate of drug-likeness (QED) is 0.872. The van der Waals surface area contributed by atoms with Crippen LogP contribution in [0.1, 0.15) is 32.3 Å². The molecule has 0 spiro atoms. The van der Waals surface area contributed by atoms with Gasteiger partial charge in [0.15, 0.2) is 5.78 Å². The molecule has 0 fully saturated rings. The van der Waals surface area contributed by atoms with Crippen molar-refractivity contribution in [1.29, 1.82) is 0 Å². The molecule has 1 aromatic carbocycles. The lowest BCUT2D eigenvalue weighted by atomic mass is 9.79. The summed E-state index contributed by atoms with van der Waals surface area (Å²) >= 11 is 0. The smallest absolute Gasteiger partial charge is 0.336 e. The fraction of sp³-hybridized carbons (Fsp3) is 0.294. The van der Waals surface area contributed by atoms with Gasteiger partial charge in [0.1, 0.15) is 5.82 Å². The van der Waals surface area contributed by atoms with E-state index < -0.39 is 17.7 Å². The molecule has 22 heavy (non-hydrogen) atoms. The fourth-order valence-corrected chi connectivity index (χ4v) is 2.86. The van der Waals surface area contributed by atoms with Crippen molar-refractivity contribution in [2.45, 2.75) is 26.7 Å². The molecule has 0 bridgehead atoms. The van der Waals surface area contributed by atoms with Crippen LogP contribution in [0.25, 0.3) is 0 Å². The minimum Gasteiger partial charge on any atom is -0.466 e. The number of esters is 1. The van der Waals surface area contributed by atoms with Crippen molar-refractivity contribution in [3.05, 3.63) is 58.2 Å². The molecule has 0 aliphatic carbocycles. The number of hydrogen-bond acceptors (Lipinski definition) is 4. The number of carbonyl (C=O) groups excluding carboxylic acids is 2. The van der Waals surface area contributed by atoms with Gasteiger partial charge in [0.2, 0.25) is 0 Å². The van der Waals surface area contributed by atoms with E-state index in [1.165, 1.54) is 20.1 Å². The molecule has 1 heterocycles. The summed E-state index contributed by atoms with van der Waals surface area (Å²) in [6.45, 7) is 4.85. The van der Waals surface area contributed by atoms with Crippen molar-refractivity contribution >= 4 is 11.8 Å². The first-order valence-corrected chi connectivity index (χ1v) is 6.90. The topological polar surface area (TPSA) is 55.4 Å². The summed E-state index contributed by atoms with van der Waals surface area (Å²) < 4.78 is 19.1. The van der Waals surface area contributed by atoms with E-state index >= 15 is 0 Å². The predicted octanol–water partition coefficient (Wildman–Crippen LogP) is 2.82. The molecule has 2 rings (SSSR count). The number of ether oxygens (including phenoxy) is 1. The van der Waals surface area contributed by atoms with E-state index in [2.05, 4.69) is 5.32 Å². The van der Waals surface area contributed by atoms with Crippen molar-refractivity contribution < 1.29 is 18.7 Å². The molecular weight excluding hydrogens is 285 g/mol. The molecule has 5 heteroatoms. The van der Waals surface area contributed by atoms with Crippen LogP contribution in [0.5, 0.6) is 0 Å². The van der Waals surface area contributed by atoms with Gasteiger partial charge in [0, 0.05) is 22.5 Å². The highest BCUT2D eigenvalue weighted by Crippen LogP contribution is 2.39. The first-order chi connectivity index (χ1) is 10.4. The second-order valence-electron chi connectivity index (χ2n) is 5.20. The van der Waals surface area contributed by atoms with Crippen LogP contribution in [-0.2, 0) is 14.3 Å². The van der Waals surface area contributed by atoms with Gasteiger partial charge in [-0.3, -0.25) is 4.79 Å². The van der Waals surface area contributed by atoms with Crippen molar-refractivity contribution in [2.75, 3.05) is 7.11 Å². The van der Waals surface area contributed by atoms with Crippen LogP contribution in [0.4, 0.5) is 4.39 Å². The summed E-state index contributed by atoms with van der Waals surface area (Å²) in [6.07, 6.45) is 0. The van der Waals surface area contributed by atoms with Gasteiger partial charge in [-0.1, -0.05) is 18.2 Å². The monoisotopic (exact) mass is 303 g/mol. The molecule has 0 radical (unpaired) electrons. The molecule has 0 aromatic heterocycles. The maximum Gasteiger partial charge on any atom is 0.336 e. The minimum atomic E-state index is -0.771. The lowest BCUT2D eigenvalue weighted by Gasteiger charge is -2.30. The zero-order chi connectivity index (χ0) is 16.4. The number of halogens is 1. The van der Waals surface area contributed by atoms with Gasteiger partial charge in [0.25, 0.3) is 0 Å². The summed E-state index contributed by atoms with van der Waals surface area (Å²) in [5.41, 5.74) is 2.08. The van der Waals surface area contributed by atoms with Crippen LogP contribution in [0.2, 0.25) is 0 Å². The standard InChI is InChI=1S/C17H18FNO3/c1-9-14(11(3)20)16(12-7-5-6-8-13(12)18)15(10(2)19-9)17(21)22-4/h5-8,16,19H,1-4H3. The Labute approximate surface area is 128 Å². The first-order valence-electron chi connectivity index (χ1n) is 6.90. The minimum absolute atomic E-state index is 0.216. The van der Waals surface area contributed by atoms with Gasteiger partial charge in [-0.25, -0.2) is 9.18 Å². The van der Waals surface area contributed by atoms with E-state index in [0.717, 1.165) is 0 Å². The Morgan fingerprint density at radius 2 is 1.73 bits per heavy atom. The van der Waals surface area contributed by atoms with Crippen LogP contribution in [0.3, 0.4) is 0 Å². The molecule has 0 saturated heterocycles. The van der Waals surface area contributed by atoms with Gasteiger partial charge in [0.05, 0.1) is 18.6 Å². The third-order valence-electron chi connectivity index (χ3n) is 3.76. The Balaban J connectivity index is 2.73. The Bertz CT molecular complexity index is 704. The number of methoxy groups -OCH3 is 1. The second kappa shape index (κ2) is 6.13. The molecule has 1 N–H and O–H groups in total. The maximum atomic E-state index is 14.3. The molecule has 0 saturated carbocycles. The zero-order valence-corrected chi connectivity index (χ0v) is 13.0. The Morgan fingerprint density at radius 1 is 1.14 bits per heavy atom. The van der Waals surface area contributed by atoms with Gasteiger partial charge in [-0.05, 0) is 26.8 Å². The molecule has 1 aromatic rings. The lowest BCUT2D eigenvalue weighted by molar-refractivity contribution is -0.136. The maximum absolute atomic E-state index is 14.3. The highest BCUT2D eigenvalue weighted by atomic mass is 19.1. The van der Waals surface area contributed by atoms with E-state index in [1.807, 2.05) is 0 Å². The average Bonchev–Trinajstić information content (AvgIpc) is 2.45. The number of allylic oxidation sites excluding steroid dienone is 3.